The number of anilines is 1. The molecule has 1 aliphatic rings. The van der Waals surface area contributed by atoms with Gasteiger partial charge in [-0.3, -0.25) is 9.52 Å². The van der Waals surface area contributed by atoms with E-state index >= 15 is 0 Å². The molecule has 1 fully saturated rings. The molecule has 0 spiro atoms. The molecule has 0 aliphatic carbocycles. The van der Waals surface area contributed by atoms with Crippen LogP contribution in [0.3, 0.4) is 0 Å². The highest BCUT2D eigenvalue weighted by Crippen LogP contribution is 2.25. The van der Waals surface area contributed by atoms with Crippen molar-refractivity contribution in [3.8, 4) is 6.07 Å². The van der Waals surface area contributed by atoms with E-state index in [-0.39, 0.29) is 10.1 Å². The van der Waals surface area contributed by atoms with Gasteiger partial charge < -0.3 is 4.90 Å². The maximum absolute atomic E-state index is 12.4. The minimum atomic E-state index is -3.79. The average Bonchev–Trinajstić information content (AvgIpc) is 3.26. The summed E-state index contributed by atoms with van der Waals surface area (Å²) in [5.41, 5.74) is 1.08. The summed E-state index contributed by atoms with van der Waals surface area (Å²) < 4.78 is 27.4. The number of thiophene rings is 1. The summed E-state index contributed by atoms with van der Waals surface area (Å²) in [7, 11) is -3.79. The van der Waals surface area contributed by atoms with Crippen LogP contribution in [0.4, 0.5) is 5.69 Å². The minimum absolute atomic E-state index is 0.0763. The highest BCUT2D eigenvalue weighted by atomic mass is 32.2. The molecule has 0 bridgehead atoms. The molecule has 2 aromatic rings. The number of rotatable bonds is 4. The van der Waals surface area contributed by atoms with Crippen LogP contribution in [-0.4, -0.2) is 32.3 Å². The molecule has 124 valence electrons. The van der Waals surface area contributed by atoms with E-state index in [0.717, 1.165) is 37.3 Å². The normalized spacial score (nSPS) is 14.4. The molecule has 8 heteroatoms. The maximum Gasteiger partial charge on any atom is 0.271 e. The lowest BCUT2D eigenvalue weighted by Gasteiger charge is -2.13. The van der Waals surface area contributed by atoms with Gasteiger partial charge in [-0.1, -0.05) is 6.07 Å². The molecule has 3 rings (SSSR count). The van der Waals surface area contributed by atoms with Crippen LogP contribution in [0.15, 0.2) is 39.9 Å². The molecule has 1 saturated heterocycles. The first-order valence-electron chi connectivity index (χ1n) is 7.40. The van der Waals surface area contributed by atoms with Gasteiger partial charge >= 0.3 is 0 Å². The van der Waals surface area contributed by atoms with Gasteiger partial charge in [0.15, 0.2) is 0 Å². The van der Waals surface area contributed by atoms with E-state index in [0.29, 0.717) is 16.8 Å². The summed E-state index contributed by atoms with van der Waals surface area (Å²) >= 11 is 1.01. The van der Waals surface area contributed by atoms with Gasteiger partial charge in [-0.25, -0.2) is 8.42 Å². The molecule has 6 nitrogen and oxygen atoms in total. The van der Waals surface area contributed by atoms with E-state index in [1.54, 1.807) is 28.5 Å². The molecule has 1 aromatic heterocycles. The second-order valence-electron chi connectivity index (χ2n) is 5.45. The third-order valence-electron chi connectivity index (χ3n) is 3.72. The largest absolute Gasteiger partial charge is 0.339 e. The summed E-state index contributed by atoms with van der Waals surface area (Å²) in [6.45, 7) is 1.44. The molecule has 0 unspecified atom stereocenters. The highest BCUT2D eigenvalue weighted by Gasteiger charge is 2.23. The third kappa shape index (κ3) is 3.42. The van der Waals surface area contributed by atoms with E-state index < -0.39 is 10.0 Å². The van der Waals surface area contributed by atoms with E-state index in [4.69, 9.17) is 5.26 Å². The van der Waals surface area contributed by atoms with Crippen molar-refractivity contribution in [1.82, 2.24) is 4.90 Å². The number of nitrogens with zero attached hydrogens (tertiary/aromatic N) is 2. The number of benzene rings is 1. The molecular weight excluding hydrogens is 346 g/mol. The first-order chi connectivity index (χ1) is 11.5. The van der Waals surface area contributed by atoms with Crippen molar-refractivity contribution in [1.29, 1.82) is 5.26 Å². The standard InChI is InChI=1S/C16H15N3O3S2/c17-10-12-4-3-5-14(8-12)18-24(21,22)15-9-13(11-23-15)16(20)19-6-1-2-7-19/h3-5,8-9,11,18H,1-2,6-7H2. The van der Waals surface area contributed by atoms with Crippen molar-refractivity contribution in [2.75, 3.05) is 17.8 Å². The van der Waals surface area contributed by atoms with Gasteiger partial charge in [0.05, 0.1) is 22.9 Å². The first-order valence-corrected chi connectivity index (χ1v) is 9.77. The molecule has 1 aliphatic heterocycles. The van der Waals surface area contributed by atoms with Crippen LogP contribution in [0.25, 0.3) is 0 Å². The lowest BCUT2D eigenvalue weighted by molar-refractivity contribution is 0.0793. The molecule has 2 heterocycles. The fourth-order valence-corrected chi connectivity index (χ4v) is 4.73. The fourth-order valence-electron chi connectivity index (χ4n) is 2.53. The highest BCUT2D eigenvalue weighted by molar-refractivity contribution is 7.94. The quantitative estimate of drug-likeness (QED) is 0.906. The zero-order chi connectivity index (χ0) is 17.2. The predicted octanol–water partition coefficient (Wildman–Crippen LogP) is 2.66. The summed E-state index contributed by atoms with van der Waals surface area (Å²) in [6, 6.07) is 9.59. The Kier molecular flexibility index (Phi) is 4.55. The minimum Gasteiger partial charge on any atom is -0.339 e. The summed E-state index contributed by atoms with van der Waals surface area (Å²) in [4.78, 5) is 14.0. The van der Waals surface area contributed by atoms with Crippen LogP contribution >= 0.6 is 11.3 Å². The second-order valence-corrected chi connectivity index (χ2v) is 8.27. The SMILES string of the molecule is N#Cc1cccc(NS(=O)(=O)c2cc(C(=O)N3CCCC3)cs2)c1. The van der Waals surface area contributed by atoms with Gasteiger partial charge in [0.25, 0.3) is 15.9 Å². The Balaban J connectivity index is 1.80. The number of amides is 1. The van der Waals surface area contributed by atoms with Gasteiger partial charge in [0, 0.05) is 18.5 Å². The number of nitrogens with one attached hydrogen (secondary N) is 1. The van der Waals surface area contributed by atoms with Crippen molar-refractivity contribution >= 4 is 33.0 Å². The van der Waals surface area contributed by atoms with E-state index in [9.17, 15) is 13.2 Å². The lowest BCUT2D eigenvalue weighted by Crippen LogP contribution is -2.27. The van der Waals surface area contributed by atoms with Crippen molar-refractivity contribution in [3.05, 3.63) is 46.8 Å². The number of nitriles is 1. The Morgan fingerprint density at radius 2 is 2.00 bits per heavy atom. The number of likely N-dealkylation sites (tertiary alicyclic amines) is 1. The number of carbonyl (C=O) groups is 1. The first kappa shape index (κ1) is 16.5. The zero-order valence-electron chi connectivity index (χ0n) is 12.7. The van der Waals surface area contributed by atoms with Crippen LogP contribution < -0.4 is 4.72 Å². The van der Waals surface area contributed by atoms with Gasteiger partial charge in [-0.05, 0) is 37.1 Å². The average molecular weight is 361 g/mol. The van der Waals surface area contributed by atoms with Crippen LogP contribution in [0.5, 0.6) is 0 Å². The summed E-state index contributed by atoms with van der Waals surface area (Å²) in [5, 5.41) is 10.4. The Morgan fingerprint density at radius 1 is 1.25 bits per heavy atom. The third-order valence-corrected chi connectivity index (χ3v) is 6.55. The van der Waals surface area contributed by atoms with Gasteiger partial charge in [-0.2, -0.15) is 5.26 Å². The number of hydrogen-bond donors (Lipinski definition) is 1. The van der Waals surface area contributed by atoms with Crippen molar-refractivity contribution in [3.63, 3.8) is 0 Å². The zero-order valence-corrected chi connectivity index (χ0v) is 14.4. The Hall–Kier alpha value is -2.37. The lowest BCUT2D eigenvalue weighted by atomic mass is 10.2. The predicted molar refractivity (Wildman–Crippen MR) is 91.4 cm³/mol. The number of sulfonamides is 1. The van der Waals surface area contributed by atoms with E-state index in [1.807, 2.05) is 6.07 Å². The molecule has 24 heavy (non-hydrogen) atoms. The Morgan fingerprint density at radius 3 is 2.71 bits per heavy atom. The topological polar surface area (TPSA) is 90.3 Å². The maximum atomic E-state index is 12.4. The number of hydrogen-bond acceptors (Lipinski definition) is 5. The molecule has 0 saturated carbocycles. The van der Waals surface area contributed by atoms with Crippen molar-refractivity contribution in [2.24, 2.45) is 0 Å². The molecule has 0 radical (unpaired) electrons. The van der Waals surface area contributed by atoms with E-state index in [1.165, 1.54) is 12.1 Å². The van der Waals surface area contributed by atoms with Crippen LogP contribution in [0, 0.1) is 11.3 Å². The summed E-state index contributed by atoms with van der Waals surface area (Å²) in [6.07, 6.45) is 1.97. The molecule has 1 aromatic carbocycles. The Labute approximate surface area is 144 Å². The van der Waals surface area contributed by atoms with Crippen molar-refractivity contribution in [2.45, 2.75) is 17.1 Å². The van der Waals surface area contributed by atoms with Gasteiger partial charge in [0.2, 0.25) is 0 Å². The fraction of sp³-hybridized carbons (Fsp3) is 0.250. The van der Waals surface area contributed by atoms with Gasteiger partial charge in [0.1, 0.15) is 4.21 Å². The molecule has 0 atom stereocenters. The number of carbonyl (C=O) groups excluding carboxylic acids is 1. The van der Waals surface area contributed by atoms with Crippen LogP contribution in [-0.2, 0) is 10.0 Å². The smallest absolute Gasteiger partial charge is 0.271 e. The van der Waals surface area contributed by atoms with E-state index in [2.05, 4.69) is 4.72 Å². The monoisotopic (exact) mass is 361 g/mol. The van der Waals surface area contributed by atoms with Crippen LogP contribution in [0.1, 0.15) is 28.8 Å². The van der Waals surface area contributed by atoms with Crippen molar-refractivity contribution < 1.29 is 13.2 Å². The molecular formula is C16H15N3O3S2. The Bertz CT molecular complexity index is 907. The summed E-state index contributed by atoms with van der Waals surface area (Å²) in [5.74, 6) is -0.128. The molecule has 1 N–H and O–H groups in total. The van der Waals surface area contributed by atoms with Crippen LogP contribution in [0.2, 0.25) is 0 Å². The molecule has 1 amide bonds. The second kappa shape index (κ2) is 6.63. The van der Waals surface area contributed by atoms with Gasteiger partial charge in [-0.15, -0.1) is 11.3 Å².